The summed E-state index contributed by atoms with van der Waals surface area (Å²) < 4.78 is 12.7. The molecule has 0 amide bonds. The van der Waals surface area contributed by atoms with Crippen molar-refractivity contribution in [3.8, 4) is 0 Å². The van der Waals surface area contributed by atoms with Crippen LogP contribution in [-0.2, 0) is 0 Å². The normalized spacial score (nSPS) is 9.50. The standard InChI is InChI=1S/C9H7ClFN/c1-6(10)8-5-7(11)3-4-9(8)12-2/h3-5H,1-2H2. The average Bonchev–Trinajstić information content (AvgIpc) is 2.04. The highest BCUT2D eigenvalue weighted by atomic mass is 35.5. The summed E-state index contributed by atoms with van der Waals surface area (Å²) in [6, 6.07) is 4.08. The minimum Gasteiger partial charge on any atom is -0.264 e. The van der Waals surface area contributed by atoms with Crippen LogP contribution in [0.3, 0.4) is 0 Å². The molecular weight excluding hydrogens is 177 g/mol. The average molecular weight is 184 g/mol. The predicted octanol–water partition coefficient (Wildman–Crippen LogP) is 3.37. The second kappa shape index (κ2) is 3.50. The molecule has 12 heavy (non-hydrogen) atoms. The van der Waals surface area contributed by atoms with Gasteiger partial charge in [0.05, 0.1) is 5.69 Å². The van der Waals surface area contributed by atoms with Gasteiger partial charge >= 0.3 is 0 Å². The zero-order chi connectivity index (χ0) is 9.14. The number of rotatable bonds is 2. The highest BCUT2D eigenvalue weighted by Gasteiger charge is 2.03. The molecule has 0 aliphatic heterocycles. The second-order valence-corrected chi connectivity index (χ2v) is 2.68. The highest BCUT2D eigenvalue weighted by molar-refractivity contribution is 6.48. The molecule has 0 saturated carbocycles. The third kappa shape index (κ3) is 1.71. The molecule has 0 radical (unpaired) electrons. The molecule has 0 fully saturated rings. The lowest BCUT2D eigenvalue weighted by Crippen LogP contribution is -1.80. The van der Waals surface area contributed by atoms with E-state index in [1.165, 1.54) is 18.2 Å². The van der Waals surface area contributed by atoms with Crippen LogP contribution in [0.4, 0.5) is 10.1 Å². The topological polar surface area (TPSA) is 12.4 Å². The van der Waals surface area contributed by atoms with Crippen molar-refractivity contribution < 1.29 is 4.39 Å². The number of nitrogens with zero attached hydrogens (tertiary/aromatic N) is 1. The quantitative estimate of drug-likeness (QED) is 0.624. The Balaban J connectivity index is 3.30. The maximum Gasteiger partial charge on any atom is 0.124 e. The largest absolute Gasteiger partial charge is 0.264 e. The molecule has 0 N–H and O–H groups in total. The van der Waals surface area contributed by atoms with Crippen molar-refractivity contribution in [3.63, 3.8) is 0 Å². The summed E-state index contributed by atoms with van der Waals surface area (Å²) in [6.07, 6.45) is 0. The van der Waals surface area contributed by atoms with Crippen molar-refractivity contribution >= 4 is 29.0 Å². The molecular formula is C9H7ClFN. The Bertz CT molecular complexity index is 333. The van der Waals surface area contributed by atoms with E-state index in [2.05, 4.69) is 18.3 Å². The molecule has 0 unspecified atom stereocenters. The Kier molecular flexibility index (Phi) is 2.61. The minimum absolute atomic E-state index is 0.261. The molecule has 0 spiro atoms. The molecule has 1 aromatic rings. The van der Waals surface area contributed by atoms with Gasteiger partial charge in [-0.15, -0.1) is 0 Å². The summed E-state index contributed by atoms with van der Waals surface area (Å²) >= 11 is 5.61. The predicted molar refractivity (Wildman–Crippen MR) is 50.5 cm³/mol. The van der Waals surface area contributed by atoms with E-state index in [1.54, 1.807) is 0 Å². The monoisotopic (exact) mass is 183 g/mol. The Morgan fingerprint density at radius 3 is 2.67 bits per heavy atom. The van der Waals surface area contributed by atoms with Crippen LogP contribution in [0.1, 0.15) is 5.56 Å². The molecule has 0 atom stereocenters. The van der Waals surface area contributed by atoms with Gasteiger partial charge in [-0.05, 0) is 24.9 Å². The Morgan fingerprint density at radius 2 is 2.17 bits per heavy atom. The first-order valence-electron chi connectivity index (χ1n) is 3.26. The minimum atomic E-state index is -0.362. The van der Waals surface area contributed by atoms with Gasteiger partial charge in [0.2, 0.25) is 0 Å². The summed E-state index contributed by atoms with van der Waals surface area (Å²) in [5.41, 5.74) is 1.02. The number of hydrogen-bond acceptors (Lipinski definition) is 1. The van der Waals surface area contributed by atoms with Gasteiger partial charge in [0.25, 0.3) is 0 Å². The van der Waals surface area contributed by atoms with E-state index < -0.39 is 0 Å². The highest BCUT2D eigenvalue weighted by Crippen LogP contribution is 2.27. The third-order valence-corrected chi connectivity index (χ3v) is 1.62. The van der Waals surface area contributed by atoms with Gasteiger partial charge in [0, 0.05) is 10.6 Å². The fraction of sp³-hybridized carbons (Fsp3) is 0. The first-order valence-corrected chi connectivity index (χ1v) is 3.64. The van der Waals surface area contributed by atoms with E-state index in [1.807, 2.05) is 0 Å². The van der Waals surface area contributed by atoms with Gasteiger partial charge in [-0.1, -0.05) is 18.2 Å². The Labute approximate surface area is 75.2 Å². The zero-order valence-electron chi connectivity index (χ0n) is 6.35. The Morgan fingerprint density at radius 1 is 1.50 bits per heavy atom. The SMILES string of the molecule is C=Nc1ccc(F)cc1C(=C)Cl. The molecule has 0 aliphatic rings. The van der Waals surface area contributed by atoms with Crippen molar-refractivity contribution in [2.75, 3.05) is 0 Å². The van der Waals surface area contributed by atoms with Crippen molar-refractivity contribution in [1.29, 1.82) is 0 Å². The van der Waals surface area contributed by atoms with Gasteiger partial charge in [0.15, 0.2) is 0 Å². The first-order chi connectivity index (χ1) is 5.65. The van der Waals surface area contributed by atoms with E-state index in [4.69, 9.17) is 11.6 Å². The lowest BCUT2D eigenvalue weighted by molar-refractivity contribution is 0.627. The number of hydrogen-bond donors (Lipinski definition) is 0. The van der Waals surface area contributed by atoms with E-state index in [-0.39, 0.29) is 10.8 Å². The molecule has 62 valence electrons. The van der Waals surface area contributed by atoms with Crippen molar-refractivity contribution in [1.82, 2.24) is 0 Å². The maximum absolute atomic E-state index is 12.7. The number of halogens is 2. The molecule has 0 bridgehead atoms. The van der Waals surface area contributed by atoms with Gasteiger partial charge in [0.1, 0.15) is 5.82 Å². The van der Waals surface area contributed by atoms with Crippen LogP contribution in [-0.4, -0.2) is 6.72 Å². The molecule has 0 heterocycles. The molecule has 0 aliphatic carbocycles. The van der Waals surface area contributed by atoms with Crippen molar-refractivity contribution in [2.24, 2.45) is 4.99 Å². The molecule has 0 saturated heterocycles. The first kappa shape index (κ1) is 8.94. The van der Waals surface area contributed by atoms with Gasteiger partial charge < -0.3 is 0 Å². The van der Waals surface area contributed by atoms with Crippen LogP contribution in [0, 0.1) is 5.82 Å². The summed E-state index contributed by atoms with van der Waals surface area (Å²) in [6.45, 7) is 6.82. The van der Waals surface area contributed by atoms with Crippen molar-refractivity contribution in [3.05, 3.63) is 36.2 Å². The summed E-state index contributed by atoms with van der Waals surface area (Å²) in [7, 11) is 0. The summed E-state index contributed by atoms with van der Waals surface area (Å²) in [5, 5.41) is 0.261. The van der Waals surface area contributed by atoms with E-state index in [0.29, 0.717) is 11.3 Å². The third-order valence-electron chi connectivity index (χ3n) is 1.42. The van der Waals surface area contributed by atoms with Crippen LogP contribution < -0.4 is 0 Å². The van der Waals surface area contributed by atoms with E-state index in [0.717, 1.165) is 0 Å². The molecule has 0 aromatic heterocycles. The molecule has 1 aromatic carbocycles. The molecule has 1 rings (SSSR count). The zero-order valence-corrected chi connectivity index (χ0v) is 7.11. The molecule has 3 heteroatoms. The Hall–Kier alpha value is -1.15. The fourth-order valence-corrected chi connectivity index (χ4v) is 1.01. The van der Waals surface area contributed by atoms with Crippen molar-refractivity contribution in [2.45, 2.75) is 0 Å². The van der Waals surface area contributed by atoms with Crippen LogP contribution in [0.2, 0.25) is 0 Å². The second-order valence-electron chi connectivity index (χ2n) is 2.22. The van der Waals surface area contributed by atoms with Crippen LogP contribution in [0.15, 0.2) is 29.8 Å². The lowest BCUT2D eigenvalue weighted by atomic mass is 10.2. The smallest absolute Gasteiger partial charge is 0.124 e. The summed E-state index contributed by atoms with van der Waals surface area (Å²) in [5.74, 6) is -0.362. The lowest BCUT2D eigenvalue weighted by Gasteiger charge is -2.01. The van der Waals surface area contributed by atoms with Gasteiger partial charge in [-0.2, -0.15) is 0 Å². The number of benzene rings is 1. The fourth-order valence-electron chi connectivity index (χ4n) is 0.863. The van der Waals surface area contributed by atoms with Gasteiger partial charge in [-0.25, -0.2) is 4.39 Å². The van der Waals surface area contributed by atoms with Crippen LogP contribution in [0.25, 0.3) is 5.03 Å². The van der Waals surface area contributed by atoms with E-state index >= 15 is 0 Å². The van der Waals surface area contributed by atoms with Gasteiger partial charge in [-0.3, -0.25) is 4.99 Å². The number of aliphatic imine (C=N–C) groups is 1. The van der Waals surface area contributed by atoms with Crippen LogP contribution >= 0.6 is 11.6 Å². The van der Waals surface area contributed by atoms with E-state index in [9.17, 15) is 4.39 Å². The molecule has 1 nitrogen and oxygen atoms in total. The van der Waals surface area contributed by atoms with Crippen LogP contribution in [0.5, 0.6) is 0 Å². The summed E-state index contributed by atoms with van der Waals surface area (Å²) in [4.78, 5) is 3.67. The maximum atomic E-state index is 12.7.